The molecule has 2 atom stereocenters. The zero-order valence-corrected chi connectivity index (χ0v) is 10.1. The van der Waals surface area contributed by atoms with Crippen LogP contribution in [0.1, 0.15) is 53.4 Å². The van der Waals surface area contributed by atoms with Gasteiger partial charge in [0.1, 0.15) is 0 Å². The molecule has 0 spiro atoms. The molecule has 2 rings (SSSR count). The molecule has 2 aliphatic rings. The van der Waals surface area contributed by atoms with Crippen LogP contribution in [0.5, 0.6) is 0 Å². The highest BCUT2D eigenvalue weighted by atomic mass is 15.0. The first-order chi connectivity index (χ1) is 6.44. The van der Waals surface area contributed by atoms with Crippen LogP contribution in [0, 0.1) is 17.8 Å². The molecule has 2 aliphatic carbocycles. The summed E-state index contributed by atoms with van der Waals surface area (Å²) in [6.07, 6.45) is 5.86. The Morgan fingerprint density at radius 1 is 0.929 bits per heavy atom. The van der Waals surface area contributed by atoms with Crippen molar-refractivity contribution in [2.75, 3.05) is 0 Å². The third-order valence-electron chi connectivity index (χ3n) is 3.89. The molecule has 2 fully saturated rings. The van der Waals surface area contributed by atoms with Crippen molar-refractivity contribution in [3.8, 4) is 0 Å². The minimum Gasteiger partial charge on any atom is -0.309 e. The maximum Gasteiger partial charge on any atom is 0.00991 e. The molecule has 0 aromatic rings. The van der Waals surface area contributed by atoms with Gasteiger partial charge < -0.3 is 5.32 Å². The third kappa shape index (κ3) is 2.31. The third-order valence-corrected chi connectivity index (χ3v) is 3.89. The van der Waals surface area contributed by atoms with E-state index in [1.54, 1.807) is 0 Å². The van der Waals surface area contributed by atoms with Gasteiger partial charge in [-0.25, -0.2) is 0 Å². The minimum atomic E-state index is 0.301. The highest BCUT2D eigenvalue weighted by molar-refractivity contribution is 4.95. The van der Waals surface area contributed by atoms with Gasteiger partial charge in [0.15, 0.2) is 0 Å². The Kier molecular flexibility index (Phi) is 2.63. The summed E-state index contributed by atoms with van der Waals surface area (Å²) >= 11 is 0. The van der Waals surface area contributed by atoms with E-state index in [2.05, 4.69) is 33.0 Å². The van der Waals surface area contributed by atoms with Crippen molar-refractivity contribution in [2.45, 2.75) is 65.0 Å². The zero-order valence-electron chi connectivity index (χ0n) is 10.1. The number of hydrogen-bond acceptors (Lipinski definition) is 1. The fraction of sp³-hybridized carbons (Fsp3) is 1.00. The Labute approximate surface area is 88.7 Å². The lowest BCUT2D eigenvalue weighted by Crippen LogP contribution is -2.42. The Balaban J connectivity index is 1.86. The molecule has 1 heteroatoms. The van der Waals surface area contributed by atoms with Gasteiger partial charge in [-0.15, -0.1) is 0 Å². The normalized spacial score (nSPS) is 42.9. The van der Waals surface area contributed by atoms with Crippen LogP contribution in [-0.4, -0.2) is 11.6 Å². The van der Waals surface area contributed by atoms with Gasteiger partial charge in [0.05, 0.1) is 0 Å². The minimum absolute atomic E-state index is 0.301. The molecule has 82 valence electrons. The monoisotopic (exact) mass is 195 g/mol. The van der Waals surface area contributed by atoms with Gasteiger partial charge in [-0.1, -0.05) is 6.92 Å². The molecular formula is C13H25N. The largest absolute Gasteiger partial charge is 0.309 e. The predicted octanol–water partition coefficient (Wildman–Crippen LogP) is 3.20. The van der Waals surface area contributed by atoms with Crippen LogP contribution in [0.25, 0.3) is 0 Å². The maximum atomic E-state index is 3.76. The van der Waals surface area contributed by atoms with Gasteiger partial charge in [0.25, 0.3) is 0 Å². The molecular weight excluding hydrogens is 170 g/mol. The van der Waals surface area contributed by atoms with E-state index < -0.39 is 0 Å². The summed E-state index contributed by atoms with van der Waals surface area (Å²) in [7, 11) is 0. The van der Waals surface area contributed by atoms with Crippen LogP contribution in [0.2, 0.25) is 0 Å². The van der Waals surface area contributed by atoms with E-state index >= 15 is 0 Å². The van der Waals surface area contributed by atoms with E-state index in [9.17, 15) is 0 Å². The lowest BCUT2D eigenvalue weighted by Gasteiger charge is -2.26. The second-order valence-corrected chi connectivity index (χ2v) is 6.66. The van der Waals surface area contributed by atoms with Crippen molar-refractivity contribution < 1.29 is 0 Å². The average molecular weight is 195 g/mol. The van der Waals surface area contributed by atoms with Crippen molar-refractivity contribution in [3.05, 3.63) is 0 Å². The lowest BCUT2D eigenvalue weighted by atomic mass is 10.0. The van der Waals surface area contributed by atoms with Crippen LogP contribution >= 0.6 is 0 Å². The molecule has 0 saturated heterocycles. The van der Waals surface area contributed by atoms with E-state index in [0.29, 0.717) is 5.54 Å². The first kappa shape index (κ1) is 10.5. The van der Waals surface area contributed by atoms with Crippen LogP contribution in [0.4, 0.5) is 0 Å². The predicted molar refractivity (Wildman–Crippen MR) is 61.3 cm³/mol. The van der Waals surface area contributed by atoms with E-state index in [0.717, 1.165) is 23.8 Å². The first-order valence-electron chi connectivity index (χ1n) is 6.22. The van der Waals surface area contributed by atoms with Crippen LogP contribution in [-0.2, 0) is 0 Å². The molecule has 0 aliphatic heterocycles. The molecule has 0 aromatic carbocycles. The number of hydrogen-bond donors (Lipinski definition) is 1. The Morgan fingerprint density at radius 2 is 1.43 bits per heavy atom. The fourth-order valence-electron chi connectivity index (χ4n) is 3.65. The fourth-order valence-corrected chi connectivity index (χ4v) is 3.65. The van der Waals surface area contributed by atoms with Crippen molar-refractivity contribution in [3.63, 3.8) is 0 Å². The number of nitrogens with one attached hydrogen (secondary N) is 1. The van der Waals surface area contributed by atoms with Crippen molar-refractivity contribution in [1.82, 2.24) is 5.32 Å². The van der Waals surface area contributed by atoms with Crippen LogP contribution in [0.15, 0.2) is 0 Å². The summed E-state index contributed by atoms with van der Waals surface area (Å²) in [5.74, 6) is 3.09. The zero-order chi connectivity index (χ0) is 10.3. The van der Waals surface area contributed by atoms with Crippen molar-refractivity contribution in [2.24, 2.45) is 17.8 Å². The molecule has 1 N–H and O–H groups in total. The maximum absolute atomic E-state index is 3.76. The Bertz CT molecular complexity index is 190. The number of fused-ring (bicyclic) bond motifs is 1. The summed E-state index contributed by atoms with van der Waals surface area (Å²) in [5.41, 5.74) is 0.301. The quantitative estimate of drug-likeness (QED) is 0.677. The van der Waals surface area contributed by atoms with Crippen molar-refractivity contribution >= 4 is 0 Å². The summed E-state index contributed by atoms with van der Waals surface area (Å²) in [4.78, 5) is 0. The number of rotatable bonds is 1. The molecule has 2 saturated carbocycles. The lowest BCUT2D eigenvalue weighted by molar-refractivity contribution is 0.341. The Hall–Kier alpha value is -0.0400. The van der Waals surface area contributed by atoms with Gasteiger partial charge in [0, 0.05) is 11.6 Å². The van der Waals surface area contributed by atoms with Crippen LogP contribution < -0.4 is 5.32 Å². The molecule has 0 amide bonds. The summed E-state index contributed by atoms with van der Waals surface area (Å²) in [6.45, 7) is 9.27. The summed E-state index contributed by atoms with van der Waals surface area (Å²) in [5, 5.41) is 3.76. The standard InChI is InChI=1S/C13H25N/c1-9-5-10-7-12(8-11(10)6-9)14-13(2,3)4/h9-12,14H,5-8H2,1-4H3. The topological polar surface area (TPSA) is 12.0 Å². The van der Waals surface area contributed by atoms with Gasteiger partial charge >= 0.3 is 0 Å². The van der Waals surface area contributed by atoms with Gasteiger partial charge in [-0.05, 0) is 64.2 Å². The average Bonchev–Trinajstić information content (AvgIpc) is 2.39. The highest BCUT2D eigenvalue weighted by Crippen LogP contribution is 2.46. The molecule has 2 unspecified atom stereocenters. The SMILES string of the molecule is CC1CC2CC(NC(C)(C)C)CC2C1. The molecule has 0 bridgehead atoms. The molecule has 0 heterocycles. The van der Waals surface area contributed by atoms with E-state index in [-0.39, 0.29) is 0 Å². The smallest absolute Gasteiger partial charge is 0.00991 e. The van der Waals surface area contributed by atoms with Crippen LogP contribution in [0.3, 0.4) is 0 Å². The van der Waals surface area contributed by atoms with E-state index in [1.165, 1.54) is 25.7 Å². The molecule has 0 radical (unpaired) electrons. The van der Waals surface area contributed by atoms with E-state index in [4.69, 9.17) is 0 Å². The second-order valence-electron chi connectivity index (χ2n) is 6.66. The first-order valence-corrected chi connectivity index (χ1v) is 6.22. The molecule has 14 heavy (non-hydrogen) atoms. The van der Waals surface area contributed by atoms with Crippen molar-refractivity contribution in [1.29, 1.82) is 0 Å². The van der Waals surface area contributed by atoms with Gasteiger partial charge in [-0.2, -0.15) is 0 Å². The van der Waals surface area contributed by atoms with Gasteiger partial charge in [-0.3, -0.25) is 0 Å². The van der Waals surface area contributed by atoms with E-state index in [1.807, 2.05) is 0 Å². The summed E-state index contributed by atoms with van der Waals surface area (Å²) in [6, 6.07) is 0.803. The van der Waals surface area contributed by atoms with Gasteiger partial charge in [0.2, 0.25) is 0 Å². The second kappa shape index (κ2) is 3.52. The molecule has 1 nitrogen and oxygen atoms in total. The highest BCUT2D eigenvalue weighted by Gasteiger charge is 2.40. The Morgan fingerprint density at radius 3 is 1.86 bits per heavy atom. The molecule has 0 aromatic heterocycles. The summed E-state index contributed by atoms with van der Waals surface area (Å²) < 4.78 is 0.